The van der Waals surface area contributed by atoms with Crippen molar-refractivity contribution in [1.82, 2.24) is 5.32 Å². The van der Waals surface area contributed by atoms with Gasteiger partial charge in [-0.2, -0.15) is 5.26 Å². The van der Waals surface area contributed by atoms with Crippen LogP contribution in [0.5, 0.6) is 0 Å². The van der Waals surface area contributed by atoms with Crippen molar-refractivity contribution >= 4 is 11.6 Å². The minimum absolute atomic E-state index is 0.0750. The molecule has 0 saturated carbocycles. The highest BCUT2D eigenvalue weighted by Crippen LogP contribution is 2.15. The molecule has 1 aliphatic heterocycles. The third kappa shape index (κ3) is 1.97. The first-order chi connectivity index (χ1) is 7.31. The normalized spacial score (nSPS) is 16.2. The Morgan fingerprint density at radius 3 is 2.67 bits per heavy atom. The van der Waals surface area contributed by atoms with Crippen LogP contribution in [0.2, 0.25) is 0 Å². The lowest BCUT2D eigenvalue weighted by Crippen LogP contribution is -2.48. The summed E-state index contributed by atoms with van der Waals surface area (Å²) in [6, 6.07) is 9.12. The lowest BCUT2D eigenvalue weighted by Gasteiger charge is -2.27. The lowest BCUT2D eigenvalue weighted by atomic mass is 10.2. The summed E-state index contributed by atoms with van der Waals surface area (Å²) in [4.78, 5) is 13.3. The Bertz CT molecular complexity index is 405. The first-order valence-corrected chi connectivity index (χ1v) is 4.82. The molecule has 0 aliphatic carbocycles. The van der Waals surface area contributed by atoms with E-state index in [2.05, 4.69) is 11.4 Å². The van der Waals surface area contributed by atoms with Crippen LogP contribution in [0.3, 0.4) is 0 Å². The predicted octanol–water partition coefficient (Wildman–Crippen LogP) is 0.494. The molecule has 76 valence electrons. The molecule has 0 unspecified atom stereocenters. The summed E-state index contributed by atoms with van der Waals surface area (Å²) in [5, 5.41) is 11.7. The number of carbonyl (C=O) groups is 1. The first-order valence-electron chi connectivity index (χ1n) is 4.82. The molecule has 15 heavy (non-hydrogen) atoms. The number of nitriles is 1. The monoisotopic (exact) mass is 201 g/mol. The summed E-state index contributed by atoms with van der Waals surface area (Å²) in [6.45, 7) is 1.89. The Labute approximate surface area is 88.1 Å². The first kappa shape index (κ1) is 9.69. The SMILES string of the molecule is N#Cc1ccc(N2CCNCC2=O)cc1. The number of amides is 1. The van der Waals surface area contributed by atoms with E-state index in [0.717, 1.165) is 12.2 Å². The number of nitrogens with zero attached hydrogens (tertiary/aromatic N) is 2. The predicted molar refractivity (Wildman–Crippen MR) is 56.4 cm³/mol. The van der Waals surface area contributed by atoms with Crippen molar-refractivity contribution in [2.24, 2.45) is 0 Å². The van der Waals surface area contributed by atoms with E-state index in [9.17, 15) is 4.79 Å². The van der Waals surface area contributed by atoms with Gasteiger partial charge in [0.1, 0.15) is 0 Å². The van der Waals surface area contributed by atoms with Crippen LogP contribution < -0.4 is 10.2 Å². The van der Waals surface area contributed by atoms with E-state index in [4.69, 9.17) is 5.26 Å². The maximum atomic E-state index is 11.5. The second kappa shape index (κ2) is 4.11. The van der Waals surface area contributed by atoms with Crippen LogP contribution in [0, 0.1) is 11.3 Å². The van der Waals surface area contributed by atoms with Crippen LogP contribution in [0.15, 0.2) is 24.3 Å². The molecule has 1 N–H and O–H groups in total. The zero-order valence-corrected chi connectivity index (χ0v) is 8.23. The zero-order valence-electron chi connectivity index (χ0n) is 8.23. The van der Waals surface area contributed by atoms with Gasteiger partial charge < -0.3 is 10.2 Å². The van der Waals surface area contributed by atoms with Gasteiger partial charge in [-0.15, -0.1) is 0 Å². The standard InChI is InChI=1S/C11H11N3O/c12-7-9-1-3-10(4-2-9)14-6-5-13-8-11(14)15/h1-4,13H,5-6,8H2. The maximum absolute atomic E-state index is 11.5. The Kier molecular flexibility index (Phi) is 2.66. The quantitative estimate of drug-likeness (QED) is 0.719. The average molecular weight is 201 g/mol. The van der Waals surface area contributed by atoms with E-state index in [0.29, 0.717) is 18.7 Å². The molecule has 0 bridgehead atoms. The molecule has 0 spiro atoms. The minimum atomic E-state index is 0.0750. The van der Waals surface area contributed by atoms with Crippen LogP contribution in [-0.2, 0) is 4.79 Å². The summed E-state index contributed by atoms with van der Waals surface area (Å²) in [7, 11) is 0. The Morgan fingerprint density at radius 1 is 1.33 bits per heavy atom. The van der Waals surface area contributed by atoms with Gasteiger partial charge >= 0.3 is 0 Å². The number of hydrogen-bond acceptors (Lipinski definition) is 3. The van der Waals surface area contributed by atoms with Gasteiger partial charge in [-0.1, -0.05) is 0 Å². The molecule has 1 saturated heterocycles. The van der Waals surface area contributed by atoms with E-state index in [1.807, 2.05) is 12.1 Å². The van der Waals surface area contributed by atoms with Gasteiger partial charge in [0, 0.05) is 18.8 Å². The van der Waals surface area contributed by atoms with Crippen LogP contribution in [0.1, 0.15) is 5.56 Å². The summed E-state index contributed by atoms with van der Waals surface area (Å²) in [5.41, 5.74) is 1.47. The molecule has 1 aromatic carbocycles. The van der Waals surface area contributed by atoms with Gasteiger partial charge in [0.2, 0.25) is 5.91 Å². The Morgan fingerprint density at radius 2 is 2.07 bits per heavy atom. The van der Waals surface area contributed by atoms with Crippen LogP contribution >= 0.6 is 0 Å². The van der Waals surface area contributed by atoms with Gasteiger partial charge in [-0.25, -0.2) is 0 Å². The number of carbonyl (C=O) groups excluding carboxylic acids is 1. The van der Waals surface area contributed by atoms with Gasteiger partial charge in [0.25, 0.3) is 0 Å². The highest BCUT2D eigenvalue weighted by molar-refractivity contribution is 5.95. The molecule has 2 rings (SSSR count). The highest BCUT2D eigenvalue weighted by Gasteiger charge is 2.18. The number of benzene rings is 1. The van der Waals surface area contributed by atoms with E-state index in [-0.39, 0.29) is 5.91 Å². The molecule has 1 aromatic rings. The molecule has 1 heterocycles. The Hall–Kier alpha value is -1.86. The fourth-order valence-corrected chi connectivity index (χ4v) is 1.60. The van der Waals surface area contributed by atoms with Crippen molar-refractivity contribution in [1.29, 1.82) is 5.26 Å². The second-order valence-electron chi connectivity index (χ2n) is 3.38. The van der Waals surface area contributed by atoms with E-state index in [1.54, 1.807) is 17.0 Å². The van der Waals surface area contributed by atoms with Crippen LogP contribution in [0.25, 0.3) is 0 Å². The molecule has 0 radical (unpaired) electrons. The molecule has 1 aliphatic rings. The summed E-state index contributed by atoms with van der Waals surface area (Å²) < 4.78 is 0. The van der Waals surface area contributed by atoms with Crippen molar-refractivity contribution in [3.8, 4) is 6.07 Å². The summed E-state index contributed by atoms with van der Waals surface area (Å²) in [5.74, 6) is 0.0750. The molecular weight excluding hydrogens is 190 g/mol. The molecule has 0 atom stereocenters. The zero-order chi connectivity index (χ0) is 10.7. The topological polar surface area (TPSA) is 56.1 Å². The fraction of sp³-hybridized carbons (Fsp3) is 0.273. The Balaban J connectivity index is 2.21. The minimum Gasteiger partial charge on any atom is -0.310 e. The fourth-order valence-electron chi connectivity index (χ4n) is 1.60. The smallest absolute Gasteiger partial charge is 0.240 e. The van der Waals surface area contributed by atoms with Crippen molar-refractivity contribution in [2.75, 3.05) is 24.5 Å². The number of nitrogens with one attached hydrogen (secondary N) is 1. The van der Waals surface area contributed by atoms with Crippen molar-refractivity contribution < 1.29 is 4.79 Å². The van der Waals surface area contributed by atoms with Gasteiger partial charge in [0.05, 0.1) is 18.2 Å². The summed E-state index contributed by atoms with van der Waals surface area (Å²) >= 11 is 0. The molecule has 0 aromatic heterocycles. The molecule has 4 heteroatoms. The number of piperazine rings is 1. The molecule has 4 nitrogen and oxygen atoms in total. The third-order valence-electron chi connectivity index (χ3n) is 2.40. The van der Waals surface area contributed by atoms with Crippen LogP contribution in [-0.4, -0.2) is 25.5 Å². The van der Waals surface area contributed by atoms with Crippen LogP contribution in [0.4, 0.5) is 5.69 Å². The van der Waals surface area contributed by atoms with E-state index >= 15 is 0 Å². The van der Waals surface area contributed by atoms with Gasteiger partial charge in [-0.05, 0) is 24.3 Å². The molecule has 1 amide bonds. The maximum Gasteiger partial charge on any atom is 0.240 e. The van der Waals surface area contributed by atoms with Crippen molar-refractivity contribution in [3.05, 3.63) is 29.8 Å². The summed E-state index contributed by atoms with van der Waals surface area (Å²) in [6.07, 6.45) is 0. The van der Waals surface area contributed by atoms with E-state index in [1.165, 1.54) is 0 Å². The van der Waals surface area contributed by atoms with Gasteiger partial charge in [-0.3, -0.25) is 4.79 Å². The van der Waals surface area contributed by atoms with E-state index < -0.39 is 0 Å². The highest BCUT2D eigenvalue weighted by atomic mass is 16.2. The van der Waals surface area contributed by atoms with Gasteiger partial charge in [0.15, 0.2) is 0 Å². The molecular formula is C11H11N3O. The number of anilines is 1. The molecule has 1 fully saturated rings. The average Bonchev–Trinajstić information content (AvgIpc) is 2.30. The number of hydrogen-bond donors (Lipinski definition) is 1. The van der Waals surface area contributed by atoms with Crippen molar-refractivity contribution in [3.63, 3.8) is 0 Å². The van der Waals surface area contributed by atoms with Crippen molar-refractivity contribution in [2.45, 2.75) is 0 Å². The third-order valence-corrected chi connectivity index (χ3v) is 2.40. The number of rotatable bonds is 1. The second-order valence-corrected chi connectivity index (χ2v) is 3.38. The lowest BCUT2D eigenvalue weighted by molar-refractivity contribution is -0.118. The largest absolute Gasteiger partial charge is 0.310 e.